The zero-order valence-corrected chi connectivity index (χ0v) is 26.1. The molecule has 45 heavy (non-hydrogen) atoms. The van der Waals surface area contributed by atoms with Crippen LogP contribution in [0.4, 0.5) is 39.8 Å². The molecule has 0 unspecified atom stereocenters. The molecule has 0 spiro atoms. The van der Waals surface area contributed by atoms with Gasteiger partial charge in [-0.1, -0.05) is 123 Å². The topological polar surface area (TPSA) is 9.72 Å². The molecule has 3 nitrogen and oxygen atoms in total. The lowest BCUT2D eigenvalue weighted by molar-refractivity contribution is 0.590. The lowest BCUT2D eigenvalue weighted by Crippen LogP contribution is -2.57. The Morgan fingerprint density at radius 2 is 0.956 bits per heavy atom. The van der Waals surface area contributed by atoms with Crippen molar-refractivity contribution in [3.05, 3.63) is 157 Å². The summed E-state index contributed by atoms with van der Waals surface area (Å²) < 4.78 is 0. The highest BCUT2D eigenvalue weighted by molar-refractivity contribution is 6.98. The molecule has 2 aliphatic rings. The number of benzene rings is 6. The minimum Gasteiger partial charge on any atom is -0.321 e. The van der Waals surface area contributed by atoms with Gasteiger partial charge in [0.15, 0.2) is 0 Å². The average molecular weight is 582 g/mol. The Morgan fingerprint density at radius 1 is 0.467 bits per heavy atom. The largest absolute Gasteiger partial charge is 0.321 e. The third-order valence-electron chi connectivity index (χ3n) is 9.27. The molecule has 4 heteroatoms. The van der Waals surface area contributed by atoms with Crippen molar-refractivity contribution < 1.29 is 0 Å². The molecule has 0 amide bonds. The summed E-state index contributed by atoms with van der Waals surface area (Å²) in [6.07, 6.45) is 0. The number of rotatable bonds is 4. The minimum absolute atomic E-state index is 0.0259. The number of nitrogens with zero attached hydrogens (tertiary/aromatic N) is 3. The van der Waals surface area contributed by atoms with Gasteiger partial charge in [0.25, 0.3) is 0 Å². The van der Waals surface area contributed by atoms with E-state index < -0.39 is 0 Å². The van der Waals surface area contributed by atoms with Gasteiger partial charge in [0, 0.05) is 28.4 Å². The van der Waals surface area contributed by atoms with Crippen molar-refractivity contribution in [1.29, 1.82) is 0 Å². The summed E-state index contributed by atoms with van der Waals surface area (Å²) in [4.78, 5) is 7.40. The zero-order chi connectivity index (χ0) is 30.5. The average Bonchev–Trinajstić information content (AvgIpc) is 3.45. The van der Waals surface area contributed by atoms with Crippen molar-refractivity contribution in [2.24, 2.45) is 0 Å². The van der Waals surface area contributed by atoms with E-state index in [-0.39, 0.29) is 12.1 Å². The van der Waals surface area contributed by atoms with E-state index in [1.807, 2.05) is 0 Å². The van der Waals surface area contributed by atoms with Crippen molar-refractivity contribution >= 4 is 62.9 Å². The Labute approximate surface area is 267 Å². The maximum Gasteiger partial charge on any atom is 0.246 e. The molecular weight excluding hydrogens is 545 g/mol. The van der Waals surface area contributed by atoms with Crippen LogP contribution in [0, 0.1) is 0 Å². The zero-order valence-electron chi connectivity index (χ0n) is 26.1. The van der Waals surface area contributed by atoms with E-state index in [2.05, 4.69) is 187 Å². The molecule has 0 atom stereocenters. The highest BCUT2D eigenvalue weighted by Gasteiger charge is 2.39. The normalized spacial score (nSPS) is 13.8. The summed E-state index contributed by atoms with van der Waals surface area (Å²) in [5, 5.41) is 0. The van der Waals surface area contributed by atoms with Crippen LogP contribution in [0.5, 0.6) is 0 Å². The monoisotopic (exact) mass is 581 g/mol. The Hall–Kier alpha value is -5.22. The molecule has 0 N–H and O–H groups in total. The Bertz CT molecular complexity index is 1970. The maximum atomic E-state index is 2.49. The lowest BCUT2D eigenvalue weighted by Gasteiger charge is -2.39. The first-order valence-electron chi connectivity index (χ1n) is 15.8. The fourth-order valence-electron chi connectivity index (χ4n) is 7.00. The van der Waals surface area contributed by atoms with Crippen molar-refractivity contribution in [3.8, 4) is 0 Å². The third kappa shape index (κ3) is 4.69. The van der Waals surface area contributed by atoms with E-state index in [0.717, 1.165) is 6.67 Å². The van der Waals surface area contributed by atoms with Gasteiger partial charge in [0.05, 0.1) is 11.4 Å². The molecule has 0 saturated heterocycles. The van der Waals surface area contributed by atoms with Crippen LogP contribution < -0.4 is 31.1 Å². The Kier molecular flexibility index (Phi) is 6.53. The number of para-hydroxylation sites is 3. The van der Waals surface area contributed by atoms with Gasteiger partial charge in [0.2, 0.25) is 6.71 Å². The van der Waals surface area contributed by atoms with Gasteiger partial charge in [-0.3, -0.25) is 0 Å². The van der Waals surface area contributed by atoms with Crippen LogP contribution in [0.2, 0.25) is 0 Å². The summed E-state index contributed by atoms with van der Waals surface area (Å²) >= 11 is 0. The van der Waals surface area contributed by atoms with Crippen LogP contribution >= 0.6 is 0 Å². The molecule has 0 saturated carbocycles. The molecule has 6 aromatic carbocycles. The molecule has 0 radical (unpaired) electrons. The van der Waals surface area contributed by atoms with Crippen LogP contribution in [0.25, 0.3) is 0 Å². The van der Waals surface area contributed by atoms with Gasteiger partial charge in [0.1, 0.15) is 6.67 Å². The second-order valence-electron chi connectivity index (χ2n) is 13.1. The summed E-state index contributed by atoms with van der Waals surface area (Å²) in [6, 6.07) is 55.5. The van der Waals surface area contributed by atoms with E-state index in [4.69, 9.17) is 0 Å². The van der Waals surface area contributed by atoms with E-state index in [9.17, 15) is 0 Å². The van der Waals surface area contributed by atoms with E-state index in [0.29, 0.717) is 0 Å². The molecule has 0 aromatic heterocycles. The van der Waals surface area contributed by atoms with Gasteiger partial charge < -0.3 is 14.7 Å². The molecule has 0 aliphatic carbocycles. The van der Waals surface area contributed by atoms with Crippen LogP contribution in [0.1, 0.15) is 26.3 Å². The number of fused-ring (bicyclic) bond motifs is 3. The molecule has 2 heterocycles. The second kappa shape index (κ2) is 10.7. The fourth-order valence-corrected chi connectivity index (χ4v) is 7.00. The van der Waals surface area contributed by atoms with Crippen LogP contribution in [-0.2, 0) is 5.41 Å². The summed E-state index contributed by atoms with van der Waals surface area (Å²) in [5.74, 6) is 0. The molecule has 6 aromatic rings. The maximum absolute atomic E-state index is 2.49. The van der Waals surface area contributed by atoms with E-state index >= 15 is 0 Å². The molecule has 0 fully saturated rings. The van der Waals surface area contributed by atoms with Gasteiger partial charge in [-0.15, -0.1) is 0 Å². The molecule has 8 rings (SSSR count). The number of anilines is 7. The van der Waals surface area contributed by atoms with Crippen molar-refractivity contribution in [2.45, 2.75) is 26.2 Å². The predicted molar refractivity (Wildman–Crippen MR) is 193 cm³/mol. The van der Waals surface area contributed by atoms with E-state index in [1.165, 1.54) is 61.8 Å². The van der Waals surface area contributed by atoms with Gasteiger partial charge in [-0.25, -0.2) is 0 Å². The van der Waals surface area contributed by atoms with Crippen molar-refractivity contribution in [3.63, 3.8) is 0 Å². The number of hydrogen-bond acceptors (Lipinski definition) is 3. The fraction of sp³-hybridized carbons (Fsp3) is 0.122. The first kappa shape index (κ1) is 27.3. The molecular formula is C41H36BN3. The Balaban J connectivity index is 1.43. The molecule has 2 aliphatic heterocycles. The van der Waals surface area contributed by atoms with Crippen LogP contribution in [0.3, 0.4) is 0 Å². The highest BCUT2D eigenvalue weighted by atomic mass is 15.4. The minimum atomic E-state index is 0.0259. The number of hydrogen-bond donors (Lipinski definition) is 0. The molecule has 218 valence electrons. The van der Waals surface area contributed by atoms with Crippen molar-refractivity contribution in [2.75, 3.05) is 21.4 Å². The van der Waals surface area contributed by atoms with Gasteiger partial charge in [-0.05, 0) is 76.5 Å². The summed E-state index contributed by atoms with van der Waals surface area (Å²) in [6.45, 7) is 7.75. The summed E-state index contributed by atoms with van der Waals surface area (Å²) in [5.41, 5.74) is 13.8. The first-order valence-corrected chi connectivity index (χ1v) is 15.8. The molecule has 0 bridgehead atoms. The predicted octanol–water partition coefficient (Wildman–Crippen LogP) is 8.53. The van der Waals surface area contributed by atoms with E-state index in [1.54, 1.807) is 0 Å². The van der Waals surface area contributed by atoms with Crippen LogP contribution in [-0.4, -0.2) is 13.4 Å². The third-order valence-corrected chi connectivity index (χ3v) is 9.27. The van der Waals surface area contributed by atoms with Gasteiger partial charge in [-0.2, -0.15) is 0 Å². The van der Waals surface area contributed by atoms with Crippen molar-refractivity contribution in [1.82, 2.24) is 0 Å². The second-order valence-corrected chi connectivity index (χ2v) is 13.1. The quantitative estimate of drug-likeness (QED) is 0.193. The standard InChI is InChI=1S/C41H36BN3/c1-41(2,3)30-24-25-35-37(26-30)45(34-22-14-7-15-23-34)38-28-40-39(27-36(38)42(35)31-16-8-4-9-17-31)43(32-18-10-5-11-19-32)29-44(40)33-20-12-6-13-21-33/h4-28H,29H2,1-3H3. The lowest BCUT2D eigenvalue weighted by atomic mass is 9.35. The first-order chi connectivity index (χ1) is 22.0. The van der Waals surface area contributed by atoms with Crippen LogP contribution in [0.15, 0.2) is 152 Å². The Morgan fingerprint density at radius 3 is 1.51 bits per heavy atom. The SMILES string of the molecule is CC(C)(C)c1ccc2c(c1)N(c1ccccc1)c1cc3c(cc1B2c1ccccc1)N(c1ccccc1)CN3c1ccccc1. The smallest absolute Gasteiger partial charge is 0.246 e. The summed E-state index contributed by atoms with van der Waals surface area (Å²) in [7, 11) is 0. The highest BCUT2D eigenvalue weighted by Crippen LogP contribution is 2.48. The van der Waals surface area contributed by atoms with Gasteiger partial charge >= 0.3 is 0 Å².